The molecule has 7 nitrogen and oxygen atoms in total. The van der Waals surface area contributed by atoms with Gasteiger partial charge in [-0.25, -0.2) is 9.59 Å². The fraction of sp³-hybridized carbons (Fsp3) is 0.667. The fourth-order valence-electron chi connectivity index (χ4n) is 2.63. The van der Waals surface area contributed by atoms with Gasteiger partial charge in [0.2, 0.25) is 0 Å². The smallest absolute Gasteiger partial charge is 0.410 e. The van der Waals surface area contributed by atoms with Gasteiger partial charge in [-0.2, -0.15) is 0 Å². The van der Waals surface area contributed by atoms with Crippen LogP contribution in [0, 0.1) is 5.92 Å². The minimum atomic E-state index is -1.10. The summed E-state index contributed by atoms with van der Waals surface area (Å²) in [7, 11) is 0. The molecule has 0 aliphatic carbocycles. The topological polar surface area (TPSA) is 92.9 Å². The molecule has 1 aromatic heterocycles. The van der Waals surface area contributed by atoms with Crippen molar-refractivity contribution in [3.8, 4) is 0 Å². The summed E-state index contributed by atoms with van der Waals surface area (Å²) in [6, 6.07) is 1.46. The molecule has 0 bridgehead atoms. The van der Waals surface area contributed by atoms with Gasteiger partial charge >= 0.3 is 12.1 Å². The van der Waals surface area contributed by atoms with Crippen molar-refractivity contribution in [2.75, 3.05) is 13.1 Å². The van der Waals surface area contributed by atoms with Gasteiger partial charge in [-0.3, -0.25) is 0 Å². The predicted octanol–water partition coefficient (Wildman–Crippen LogP) is 2.73. The largest absolute Gasteiger partial charge is 0.476 e. The van der Waals surface area contributed by atoms with Gasteiger partial charge in [-0.1, -0.05) is 12.1 Å². The Morgan fingerprint density at radius 1 is 1.45 bits per heavy atom. The number of carbonyl (C=O) groups is 2. The summed E-state index contributed by atoms with van der Waals surface area (Å²) >= 11 is 0. The molecule has 22 heavy (non-hydrogen) atoms. The molecule has 1 aromatic rings. The lowest BCUT2D eigenvalue weighted by atomic mass is 9.85. The maximum atomic E-state index is 12.1. The van der Waals surface area contributed by atoms with Crippen LogP contribution in [0.4, 0.5) is 4.79 Å². The first-order chi connectivity index (χ1) is 10.2. The summed E-state index contributed by atoms with van der Waals surface area (Å²) in [5.41, 5.74) is -0.602. The predicted molar refractivity (Wildman–Crippen MR) is 77.8 cm³/mol. The minimum absolute atomic E-state index is 0.0549. The van der Waals surface area contributed by atoms with Gasteiger partial charge in [0.25, 0.3) is 0 Å². The van der Waals surface area contributed by atoms with Gasteiger partial charge in [-0.15, -0.1) is 0 Å². The molecule has 1 aliphatic heterocycles. The number of nitrogens with zero attached hydrogens (tertiary/aromatic N) is 2. The van der Waals surface area contributed by atoms with E-state index in [9.17, 15) is 9.59 Å². The minimum Gasteiger partial charge on any atom is -0.476 e. The highest BCUT2D eigenvalue weighted by Gasteiger charge is 2.34. The summed E-state index contributed by atoms with van der Waals surface area (Å²) in [5, 5.41) is 12.4. The number of aromatic nitrogens is 1. The molecular weight excluding hydrogens is 288 g/mol. The normalized spacial score (nSPS) is 22.5. The lowest BCUT2D eigenvalue weighted by Gasteiger charge is -2.36. The standard InChI is InChI=1S/C15H22N2O5/c1-9-8-17(14(20)21-15(2,3)4)6-5-10(9)12-7-11(13(18)19)16-22-12/h7,9-10H,5-6,8H2,1-4H3,(H,18,19). The van der Waals surface area contributed by atoms with Gasteiger partial charge in [-0.05, 0) is 33.1 Å². The first-order valence-corrected chi connectivity index (χ1v) is 7.35. The van der Waals surface area contributed by atoms with Crippen LogP contribution in [-0.2, 0) is 4.74 Å². The number of rotatable bonds is 2. The number of carboxylic acid groups (broad SMARTS) is 1. The van der Waals surface area contributed by atoms with E-state index in [-0.39, 0.29) is 23.6 Å². The van der Waals surface area contributed by atoms with Crippen molar-refractivity contribution in [2.45, 2.75) is 45.6 Å². The molecule has 2 heterocycles. The second-order valence-corrected chi connectivity index (χ2v) is 6.72. The monoisotopic (exact) mass is 310 g/mol. The van der Waals surface area contributed by atoms with Crippen LogP contribution in [0.25, 0.3) is 0 Å². The van der Waals surface area contributed by atoms with E-state index in [1.807, 2.05) is 27.7 Å². The van der Waals surface area contributed by atoms with E-state index in [1.54, 1.807) is 4.90 Å². The number of hydrogen-bond acceptors (Lipinski definition) is 5. The van der Waals surface area contributed by atoms with Gasteiger partial charge in [0, 0.05) is 25.1 Å². The van der Waals surface area contributed by atoms with E-state index in [0.717, 1.165) is 0 Å². The number of likely N-dealkylation sites (tertiary alicyclic amines) is 1. The highest BCUT2D eigenvalue weighted by Crippen LogP contribution is 2.33. The SMILES string of the molecule is CC1CN(C(=O)OC(C)(C)C)CCC1c1cc(C(=O)O)no1. The van der Waals surface area contributed by atoms with Crippen LogP contribution in [-0.4, -0.2) is 45.9 Å². The zero-order valence-corrected chi connectivity index (χ0v) is 13.3. The highest BCUT2D eigenvalue weighted by atomic mass is 16.6. The molecule has 2 rings (SSSR count). The molecular formula is C15H22N2O5. The lowest BCUT2D eigenvalue weighted by Crippen LogP contribution is -2.44. The zero-order valence-electron chi connectivity index (χ0n) is 13.3. The second-order valence-electron chi connectivity index (χ2n) is 6.72. The third-order valence-corrected chi connectivity index (χ3v) is 3.67. The molecule has 1 fully saturated rings. The van der Waals surface area contributed by atoms with E-state index in [1.165, 1.54) is 6.07 Å². The Morgan fingerprint density at radius 3 is 2.64 bits per heavy atom. The van der Waals surface area contributed by atoms with Crippen LogP contribution in [0.1, 0.15) is 56.3 Å². The Kier molecular flexibility index (Phi) is 4.44. The van der Waals surface area contributed by atoms with Crippen molar-refractivity contribution < 1.29 is 24.0 Å². The Balaban J connectivity index is 2.00. The van der Waals surface area contributed by atoms with Crippen molar-refractivity contribution in [1.82, 2.24) is 10.1 Å². The Bertz CT molecular complexity index is 561. The maximum Gasteiger partial charge on any atom is 0.410 e. The number of amides is 1. The summed E-state index contributed by atoms with van der Waals surface area (Å²) in [4.78, 5) is 24.6. The first kappa shape index (κ1) is 16.3. The number of carbonyl (C=O) groups excluding carboxylic acids is 1. The molecule has 7 heteroatoms. The number of carboxylic acids is 1. The Hall–Kier alpha value is -2.05. The molecule has 1 amide bonds. The molecule has 2 atom stereocenters. The average Bonchev–Trinajstić information content (AvgIpc) is 2.86. The number of hydrogen-bond donors (Lipinski definition) is 1. The van der Waals surface area contributed by atoms with Crippen molar-refractivity contribution >= 4 is 12.1 Å². The molecule has 2 unspecified atom stereocenters. The van der Waals surface area contributed by atoms with Crippen LogP contribution in [0.5, 0.6) is 0 Å². The van der Waals surface area contributed by atoms with Gasteiger partial charge in [0.15, 0.2) is 5.69 Å². The summed E-state index contributed by atoms with van der Waals surface area (Å²) in [6.45, 7) is 8.61. The van der Waals surface area contributed by atoms with Crippen molar-refractivity contribution in [1.29, 1.82) is 0 Å². The summed E-state index contributed by atoms with van der Waals surface area (Å²) < 4.78 is 10.5. The van der Waals surface area contributed by atoms with Crippen LogP contribution in [0.15, 0.2) is 10.6 Å². The van der Waals surface area contributed by atoms with Crippen LogP contribution >= 0.6 is 0 Å². The molecule has 122 valence electrons. The molecule has 1 N–H and O–H groups in total. The summed E-state index contributed by atoms with van der Waals surface area (Å²) in [5.74, 6) is -0.349. The van der Waals surface area contributed by atoms with E-state index in [0.29, 0.717) is 25.3 Å². The van der Waals surface area contributed by atoms with Crippen molar-refractivity contribution in [2.24, 2.45) is 5.92 Å². The molecule has 0 radical (unpaired) electrons. The molecule has 0 saturated carbocycles. The third-order valence-electron chi connectivity index (χ3n) is 3.67. The van der Waals surface area contributed by atoms with Crippen LogP contribution < -0.4 is 0 Å². The Morgan fingerprint density at radius 2 is 2.14 bits per heavy atom. The molecule has 1 aliphatic rings. The molecule has 0 spiro atoms. The van der Waals surface area contributed by atoms with Crippen molar-refractivity contribution in [3.63, 3.8) is 0 Å². The quantitative estimate of drug-likeness (QED) is 0.902. The van der Waals surface area contributed by atoms with Gasteiger partial charge in [0.05, 0.1) is 0 Å². The van der Waals surface area contributed by atoms with Gasteiger partial charge < -0.3 is 19.3 Å². The molecule has 0 aromatic carbocycles. The highest BCUT2D eigenvalue weighted by molar-refractivity contribution is 5.85. The van der Waals surface area contributed by atoms with E-state index in [4.69, 9.17) is 14.4 Å². The lowest BCUT2D eigenvalue weighted by molar-refractivity contribution is 0.0145. The van der Waals surface area contributed by atoms with Crippen LogP contribution in [0.2, 0.25) is 0 Å². The first-order valence-electron chi connectivity index (χ1n) is 7.35. The summed E-state index contributed by atoms with van der Waals surface area (Å²) in [6.07, 6.45) is 0.371. The maximum absolute atomic E-state index is 12.1. The number of piperidine rings is 1. The van der Waals surface area contributed by atoms with Crippen molar-refractivity contribution in [3.05, 3.63) is 17.5 Å². The fourth-order valence-corrected chi connectivity index (χ4v) is 2.63. The van der Waals surface area contributed by atoms with E-state index >= 15 is 0 Å². The molecule has 1 saturated heterocycles. The number of ether oxygens (including phenoxy) is 1. The Labute approximate surface area is 129 Å². The van der Waals surface area contributed by atoms with Gasteiger partial charge in [0.1, 0.15) is 11.4 Å². The average molecular weight is 310 g/mol. The second kappa shape index (κ2) is 5.98. The third kappa shape index (κ3) is 3.78. The van der Waals surface area contributed by atoms with E-state index in [2.05, 4.69) is 5.16 Å². The van der Waals surface area contributed by atoms with E-state index < -0.39 is 11.6 Å². The zero-order chi connectivity index (χ0) is 16.5. The van der Waals surface area contributed by atoms with Crippen LogP contribution in [0.3, 0.4) is 0 Å². The number of aromatic carboxylic acids is 1.